The van der Waals surface area contributed by atoms with E-state index >= 15 is 0 Å². The Morgan fingerprint density at radius 1 is 0.520 bits per heavy atom. The van der Waals surface area contributed by atoms with Crippen LogP contribution < -0.4 is 0 Å². The molecule has 560 valence electrons. The van der Waals surface area contributed by atoms with Crippen molar-refractivity contribution >= 4 is 30.0 Å². The van der Waals surface area contributed by atoms with Gasteiger partial charge in [-0.05, 0) is 71.4 Å². The van der Waals surface area contributed by atoms with Gasteiger partial charge in [0.2, 0.25) is 0 Å². The fourth-order valence-corrected chi connectivity index (χ4v) is 13.4. The summed E-state index contributed by atoms with van der Waals surface area (Å²) in [5.74, 6) is -3.93. The first-order valence-electron chi connectivity index (χ1n) is 36.5. The van der Waals surface area contributed by atoms with Gasteiger partial charge in [-0.1, -0.05) is 167 Å². The lowest BCUT2D eigenvalue weighted by atomic mass is 9.95. The number of rotatable bonds is 28. The Morgan fingerprint density at radius 2 is 1.10 bits per heavy atom. The summed E-state index contributed by atoms with van der Waals surface area (Å²) >= 11 is 0. The van der Waals surface area contributed by atoms with Gasteiger partial charge >= 0.3 is 23.9 Å². The zero-order valence-electron chi connectivity index (χ0n) is 58.7. The molecule has 0 saturated carbocycles. The zero-order chi connectivity index (χ0) is 71.0. The second-order valence-electron chi connectivity index (χ2n) is 27.5. The van der Waals surface area contributed by atoms with Gasteiger partial charge in [-0.15, -0.1) is 0 Å². The number of carbonyl (C=O) groups excluding carboxylic acids is 4. The minimum atomic E-state index is -2.06. The standard InChI is InChI=1S/C72H116O26/c1-9-12-14-15-16-17-20-23-30-36-49(74)91-60-44(7)86-69(58(83)62(60)92-51(76)39-38-46-32-27-25-28-33-46)96-61-45(8)88-72(66(94-67(84)41(4)11-3)65(61)98-68-56(81)54(79)53(78)48(40-73)90-68)95-59-43(6)87-71-64(57(59)82)93-50(75)37-31-24-21-18-19-22-29-35-47(34-26-13-10-2)89-70-63(97-71)55(80)52(77)42(5)85-70/h25,27-28,32-33,38-39,41-45,47-48,52-66,68-73,77-83H,9-24,26,29-31,34-37,40H2,1-8H3. The molecule has 26 nitrogen and oxygen atoms in total. The van der Waals surface area contributed by atoms with Crippen LogP contribution in [0.15, 0.2) is 36.4 Å². The normalized spacial score (nSPS) is 38.3. The first-order valence-corrected chi connectivity index (χ1v) is 36.5. The maximum Gasteiger partial charge on any atom is 0.331 e. The maximum absolute atomic E-state index is 14.4. The Kier molecular flexibility index (Phi) is 34.4. The highest BCUT2D eigenvalue weighted by molar-refractivity contribution is 5.87. The number of aliphatic hydroxyl groups excluding tert-OH is 8. The highest BCUT2D eigenvalue weighted by Gasteiger charge is 2.59. The van der Waals surface area contributed by atoms with Crippen LogP contribution in [0.5, 0.6) is 0 Å². The lowest BCUT2D eigenvalue weighted by Crippen LogP contribution is -2.68. The molecule has 7 rings (SSSR count). The van der Waals surface area contributed by atoms with Crippen molar-refractivity contribution in [2.45, 2.75) is 369 Å². The molecule has 6 aliphatic rings. The van der Waals surface area contributed by atoms with Gasteiger partial charge in [0, 0.05) is 18.9 Å². The molecule has 0 bridgehead atoms. The second kappa shape index (κ2) is 41.4. The van der Waals surface area contributed by atoms with Crippen molar-refractivity contribution in [2.24, 2.45) is 5.92 Å². The van der Waals surface area contributed by atoms with Gasteiger partial charge in [0.15, 0.2) is 55.9 Å². The van der Waals surface area contributed by atoms with Gasteiger partial charge in [-0.2, -0.15) is 0 Å². The van der Waals surface area contributed by atoms with E-state index in [-0.39, 0.29) is 25.4 Å². The van der Waals surface area contributed by atoms with Gasteiger partial charge in [0.05, 0.1) is 43.0 Å². The largest absolute Gasteiger partial charge is 0.455 e. The monoisotopic (exact) mass is 1400 g/mol. The number of benzene rings is 1. The van der Waals surface area contributed by atoms with Crippen LogP contribution in [0.1, 0.15) is 215 Å². The average molecular weight is 1400 g/mol. The SMILES string of the molecule is CCCCCCCCCCCC(=O)OC1C(C)OC(OC2C(C)OC(OC3C(C)OC4OC5C(OC(CCCCC)CCCCCCCCCC(=O)OC4C3O)OC(C)C(O)C5O)C(OC(=O)C(C)CC)C2OC2OC(CO)C(O)C(O)C2O)C(O)C1OC(=O)C=Cc1ccccc1. The van der Waals surface area contributed by atoms with Crippen molar-refractivity contribution in [3.8, 4) is 0 Å². The number of esters is 4. The molecule has 0 radical (unpaired) electrons. The van der Waals surface area contributed by atoms with E-state index in [1.807, 2.05) is 0 Å². The Morgan fingerprint density at radius 3 is 1.79 bits per heavy atom. The lowest BCUT2D eigenvalue weighted by molar-refractivity contribution is -0.400. The van der Waals surface area contributed by atoms with E-state index < -0.39 is 190 Å². The molecule has 6 aliphatic heterocycles. The molecule has 0 amide bonds. The third-order valence-corrected chi connectivity index (χ3v) is 19.6. The number of unbranched alkanes of at least 4 members (excludes halogenated alkanes) is 10. The fraction of sp³-hybridized carbons (Fsp3) is 0.833. The molecule has 6 heterocycles. The molecule has 0 spiro atoms. The van der Waals surface area contributed by atoms with Gasteiger partial charge < -0.3 is 107 Å². The Hall–Kier alpha value is -3.88. The van der Waals surface area contributed by atoms with Crippen LogP contribution in [0, 0.1) is 5.92 Å². The van der Waals surface area contributed by atoms with E-state index in [0.717, 1.165) is 102 Å². The molecule has 6 saturated heterocycles. The van der Waals surface area contributed by atoms with Crippen LogP contribution in [0.3, 0.4) is 0 Å². The van der Waals surface area contributed by atoms with Crippen molar-refractivity contribution in [3.05, 3.63) is 42.0 Å². The maximum atomic E-state index is 14.4. The smallest absolute Gasteiger partial charge is 0.331 e. The molecule has 1 aromatic rings. The Labute approximate surface area is 577 Å². The van der Waals surface area contributed by atoms with Gasteiger partial charge in [0.25, 0.3) is 0 Å². The van der Waals surface area contributed by atoms with Crippen molar-refractivity contribution in [2.75, 3.05) is 6.61 Å². The molecule has 26 heteroatoms. The summed E-state index contributed by atoms with van der Waals surface area (Å²) < 4.78 is 89.2. The summed E-state index contributed by atoms with van der Waals surface area (Å²) in [6, 6.07) is 8.88. The molecule has 98 heavy (non-hydrogen) atoms. The van der Waals surface area contributed by atoms with Crippen molar-refractivity contribution in [1.82, 2.24) is 0 Å². The number of ether oxygens (including phenoxy) is 14. The predicted molar refractivity (Wildman–Crippen MR) is 351 cm³/mol. The molecule has 1 aromatic carbocycles. The Balaban J connectivity index is 1.21. The second-order valence-corrected chi connectivity index (χ2v) is 27.5. The van der Waals surface area contributed by atoms with Crippen LogP contribution in [0.2, 0.25) is 0 Å². The quantitative estimate of drug-likeness (QED) is 0.0190. The van der Waals surface area contributed by atoms with Crippen molar-refractivity contribution in [3.63, 3.8) is 0 Å². The minimum Gasteiger partial charge on any atom is -0.455 e. The lowest BCUT2D eigenvalue weighted by Gasteiger charge is -2.51. The first kappa shape index (κ1) is 81.4. The molecule has 0 aromatic heterocycles. The van der Waals surface area contributed by atoms with Crippen LogP contribution in [-0.4, -0.2) is 231 Å². The molecule has 27 unspecified atom stereocenters. The van der Waals surface area contributed by atoms with Crippen LogP contribution in [-0.2, 0) is 85.5 Å². The van der Waals surface area contributed by atoms with Crippen LogP contribution in [0.4, 0.5) is 0 Å². The number of hydrogen-bond donors (Lipinski definition) is 8. The fourth-order valence-electron chi connectivity index (χ4n) is 13.4. The topological polar surface area (TPSA) is 359 Å². The van der Waals surface area contributed by atoms with E-state index in [0.29, 0.717) is 31.2 Å². The number of carbonyl (C=O) groups is 4. The number of fused-ring (bicyclic) bond motifs is 2. The molecule has 27 atom stereocenters. The van der Waals surface area contributed by atoms with Gasteiger partial charge in [-0.25, -0.2) is 4.79 Å². The number of hydrogen-bond acceptors (Lipinski definition) is 26. The van der Waals surface area contributed by atoms with E-state index in [4.69, 9.17) is 66.3 Å². The van der Waals surface area contributed by atoms with Crippen molar-refractivity contribution in [1.29, 1.82) is 0 Å². The van der Waals surface area contributed by atoms with E-state index in [9.17, 15) is 60.0 Å². The summed E-state index contributed by atoms with van der Waals surface area (Å²) in [5, 5.41) is 92.3. The summed E-state index contributed by atoms with van der Waals surface area (Å²) in [6.07, 6.45) is -19.0. The third-order valence-electron chi connectivity index (χ3n) is 19.6. The highest BCUT2D eigenvalue weighted by Crippen LogP contribution is 2.40. The predicted octanol–water partition coefficient (Wildman–Crippen LogP) is 6.57. The van der Waals surface area contributed by atoms with E-state index in [2.05, 4.69) is 13.8 Å². The summed E-state index contributed by atoms with van der Waals surface area (Å²) in [6.45, 7) is 12.8. The molecule has 8 N–H and O–H groups in total. The van der Waals surface area contributed by atoms with Gasteiger partial charge in [-0.3, -0.25) is 14.4 Å². The van der Waals surface area contributed by atoms with Crippen LogP contribution >= 0.6 is 0 Å². The summed E-state index contributed by atoms with van der Waals surface area (Å²) in [7, 11) is 0. The summed E-state index contributed by atoms with van der Waals surface area (Å²) in [4.78, 5) is 55.8. The van der Waals surface area contributed by atoms with E-state index in [1.165, 1.54) is 39.7 Å². The number of aliphatic hydroxyl groups is 8. The first-order chi connectivity index (χ1) is 47.1. The Bertz CT molecular complexity index is 2510. The average Bonchev–Trinajstić information content (AvgIpc) is 0.766. The highest BCUT2D eigenvalue weighted by atomic mass is 16.8. The zero-order valence-corrected chi connectivity index (χ0v) is 58.7. The molecule has 6 fully saturated rings. The summed E-state index contributed by atoms with van der Waals surface area (Å²) in [5.41, 5.74) is 0.657. The van der Waals surface area contributed by atoms with Gasteiger partial charge in [0.1, 0.15) is 73.2 Å². The molecular formula is C72H116O26. The minimum absolute atomic E-state index is 0.0282. The molecule has 0 aliphatic carbocycles. The molecular weight excluding hydrogens is 1280 g/mol. The third kappa shape index (κ3) is 23.3. The van der Waals surface area contributed by atoms with Crippen molar-refractivity contribution < 1.29 is 126 Å². The van der Waals surface area contributed by atoms with E-state index in [1.54, 1.807) is 51.1 Å². The van der Waals surface area contributed by atoms with Crippen LogP contribution in [0.25, 0.3) is 6.08 Å².